The summed E-state index contributed by atoms with van der Waals surface area (Å²) in [6.07, 6.45) is 2.72. The fourth-order valence-electron chi connectivity index (χ4n) is 2.64. The van der Waals surface area contributed by atoms with Crippen molar-refractivity contribution in [3.05, 3.63) is 29.3 Å². The maximum absolute atomic E-state index is 11.8. The summed E-state index contributed by atoms with van der Waals surface area (Å²) in [6, 6.07) is 6.29. The molecule has 1 aromatic rings. The number of hydrogen-bond donors (Lipinski definition) is 1. The van der Waals surface area contributed by atoms with Gasteiger partial charge in [-0.3, -0.25) is 4.79 Å². The number of carbonyl (C=O) groups is 1. The molecular formula is C16H24N2O2. The van der Waals surface area contributed by atoms with Crippen molar-refractivity contribution in [2.75, 3.05) is 34.3 Å². The predicted octanol–water partition coefficient (Wildman–Crippen LogP) is 1.79. The van der Waals surface area contributed by atoms with Gasteiger partial charge >= 0.3 is 0 Å². The molecule has 0 atom stereocenters. The summed E-state index contributed by atoms with van der Waals surface area (Å²) in [7, 11) is 5.22. The molecule has 0 unspecified atom stereocenters. The minimum absolute atomic E-state index is 0.0953. The topological polar surface area (TPSA) is 41.6 Å². The normalized spacial score (nSPS) is 15.9. The van der Waals surface area contributed by atoms with Gasteiger partial charge in [0.05, 0.1) is 13.5 Å². The molecule has 20 heavy (non-hydrogen) atoms. The van der Waals surface area contributed by atoms with Crippen LogP contribution >= 0.6 is 0 Å². The van der Waals surface area contributed by atoms with E-state index in [1.807, 2.05) is 6.07 Å². The molecule has 1 amide bonds. The fourth-order valence-corrected chi connectivity index (χ4v) is 2.64. The molecule has 1 fully saturated rings. The second-order valence-corrected chi connectivity index (χ2v) is 5.56. The lowest BCUT2D eigenvalue weighted by Gasteiger charge is -2.24. The molecule has 0 spiro atoms. The molecular weight excluding hydrogens is 252 g/mol. The molecule has 1 aliphatic rings. The summed E-state index contributed by atoms with van der Waals surface area (Å²) >= 11 is 0. The van der Waals surface area contributed by atoms with Gasteiger partial charge in [0.1, 0.15) is 5.75 Å². The summed E-state index contributed by atoms with van der Waals surface area (Å²) < 4.78 is 5.47. The van der Waals surface area contributed by atoms with Gasteiger partial charge in [-0.1, -0.05) is 12.1 Å². The van der Waals surface area contributed by atoms with Gasteiger partial charge in [0.25, 0.3) is 0 Å². The Bertz CT molecular complexity index is 466. The third-order valence-corrected chi connectivity index (χ3v) is 3.96. The lowest BCUT2D eigenvalue weighted by atomic mass is 9.89. The van der Waals surface area contributed by atoms with Crippen LogP contribution in [0.5, 0.6) is 5.75 Å². The predicted molar refractivity (Wildman–Crippen MR) is 80.2 cm³/mol. The van der Waals surface area contributed by atoms with Crippen LogP contribution in [0.4, 0.5) is 0 Å². The van der Waals surface area contributed by atoms with E-state index in [1.54, 1.807) is 26.1 Å². The number of piperidine rings is 1. The van der Waals surface area contributed by atoms with Crippen LogP contribution in [0, 0.1) is 0 Å². The van der Waals surface area contributed by atoms with Crippen LogP contribution in [0.2, 0.25) is 0 Å². The quantitative estimate of drug-likeness (QED) is 0.911. The highest BCUT2D eigenvalue weighted by Crippen LogP contribution is 2.30. The zero-order valence-electron chi connectivity index (χ0n) is 12.6. The number of amides is 1. The minimum Gasteiger partial charge on any atom is -0.496 e. The van der Waals surface area contributed by atoms with Crippen molar-refractivity contribution in [3.8, 4) is 5.75 Å². The molecule has 110 valence electrons. The Kier molecular flexibility index (Phi) is 5.01. The lowest BCUT2D eigenvalue weighted by molar-refractivity contribution is -0.127. The third kappa shape index (κ3) is 3.51. The lowest BCUT2D eigenvalue weighted by Crippen LogP contribution is -2.26. The molecule has 4 nitrogen and oxygen atoms in total. The van der Waals surface area contributed by atoms with Crippen LogP contribution in [0.1, 0.15) is 29.9 Å². The molecule has 2 rings (SSSR count). The number of hydrogen-bond acceptors (Lipinski definition) is 3. The molecule has 4 heteroatoms. The van der Waals surface area contributed by atoms with E-state index in [4.69, 9.17) is 4.74 Å². The van der Waals surface area contributed by atoms with Crippen molar-refractivity contribution in [1.82, 2.24) is 10.2 Å². The van der Waals surface area contributed by atoms with E-state index in [0.717, 1.165) is 24.4 Å². The Morgan fingerprint density at radius 1 is 1.35 bits per heavy atom. The average Bonchev–Trinajstić information content (AvgIpc) is 2.48. The van der Waals surface area contributed by atoms with E-state index in [0.29, 0.717) is 12.3 Å². The van der Waals surface area contributed by atoms with Crippen molar-refractivity contribution in [3.63, 3.8) is 0 Å². The van der Waals surface area contributed by atoms with Gasteiger partial charge in [-0.15, -0.1) is 0 Å². The zero-order valence-corrected chi connectivity index (χ0v) is 12.6. The van der Waals surface area contributed by atoms with Gasteiger partial charge in [-0.25, -0.2) is 0 Å². The molecule has 0 radical (unpaired) electrons. The molecule has 1 aliphatic heterocycles. The first-order valence-electron chi connectivity index (χ1n) is 7.19. The van der Waals surface area contributed by atoms with Crippen molar-refractivity contribution in [1.29, 1.82) is 0 Å². The van der Waals surface area contributed by atoms with Gasteiger partial charge in [0, 0.05) is 19.7 Å². The van der Waals surface area contributed by atoms with Crippen molar-refractivity contribution in [2.24, 2.45) is 0 Å². The smallest absolute Gasteiger partial charge is 0.226 e. The van der Waals surface area contributed by atoms with Crippen molar-refractivity contribution in [2.45, 2.75) is 25.2 Å². The number of carbonyl (C=O) groups excluding carboxylic acids is 1. The van der Waals surface area contributed by atoms with Crippen LogP contribution in [-0.2, 0) is 11.2 Å². The van der Waals surface area contributed by atoms with Crippen LogP contribution in [0.3, 0.4) is 0 Å². The first-order valence-corrected chi connectivity index (χ1v) is 7.19. The highest BCUT2D eigenvalue weighted by atomic mass is 16.5. The van der Waals surface area contributed by atoms with Gasteiger partial charge < -0.3 is 15.0 Å². The van der Waals surface area contributed by atoms with E-state index < -0.39 is 0 Å². The molecule has 0 aliphatic carbocycles. The Morgan fingerprint density at radius 2 is 2.05 bits per heavy atom. The highest BCUT2D eigenvalue weighted by molar-refractivity contribution is 5.79. The van der Waals surface area contributed by atoms with E-state index in [-0.39, 0.29) is 5.91 Å². The van der Waals surface area contributed by atoms with E-state index in [9.17, 15) is 4.79 Å². The number of nitrogens with one attached hydrogen (secondary N) is 1. The van der Waals surface area contributed by atoms with Crippen LogP contribution < -0.4 is 10.1 Å². The third-order valence-electron chi connectivity index (χ3n) is 3.96. The number of ether oxygens (including phenoxy) is 1. The minimum atomic E-state index is 0.0953. The summed E-state index contributed by atoms with van der Waals surface area (Å²) in [6.45, 7) is 2.15. The molecule has 1 saturated heterocycles. The summed E-state index contributed by atoms with van der Waals surface area (Å²) in [5, 5.41) is 3.38. The zero-order chi connectivity index (χ0) is 14.5. The van der Waals surface area contributed by atoms with Gasteiger partial charge in [0.2, 0.25) is 5.91 Å². The summed E-state index contributed by atoms with van der Waals surface area (Å²) in [4.78, 5) is 13.4. The SMILES string of the molecule is COc1cc(C2CCNCC2)ccc1CC(=O)N(C)C. The second-order valence-electron chi connectivity index (χ2n) is 5.56. The maximum atomic E-state index is 11.8. The fraction of sp³-hybridized carbons (Fsp3) is 0.562. The van der Waals surface area contributed by atoms with Crippen LogP contribution in [0.15, 0.2) is 18.2 Å². The Labute approximate surface area is 121 Å². The maximum Gasteiger partial charge on any atom is 0.226 e. The highest BCUT2D eigenvalue weighted by Gasteiger charge is 2.17. The van der Waals surface area contributed by atoms with Crippen LogP contribution in [0.25, 0.3) is 0 Å². The number of likely N-dealkylation sites (N-methyl/N-ethyl adjacent to an activating group) is 1. The van der Waals surface area contributed by atoms with Gasteiger partial charge in [0.15, 0.2) is 0 Å². The summed E-state index contributed by atoms with van der Waals surface area (Å²) in [5.74, 6) is 1.53. The van der Waals surface area contributed by atoms with E-state index in [1.165, 1.54) is 18.4 Å². The number of rotatable bonds is 4. The first-order chi connectivity index (χ1) is 9.61. The van der Waals surface area contributed by atoms with E-state index in [2.05, 4.69) is 17.4 Å². The molecule has 1 aromatic carbocycles. The number of methoxy groups -OCH3 is 1. The van der Waals surface area contributed by atoms with Gasteiger partial charge in [-0.05, 0) is 43.5 Å². The molecule has 1 heterocycles. The van der Waals surface area contributed by atoms with Crippen molar-refractivity contribution < 1.29 is 9.53 Å². The largest absolute Gasteiger partial charge is 0.496 e. The molecule has 0 saturated carbocycles. The molecule has 1 N–H and O–H groups in total. The van der Waals surface area contributed by atoms with Crippen molar-refractivity contribution >= 4 is 5.91 Å². The number of benzene rings is 1. The molecule has 0 aromatic heterocycles. The average molecular weight is 276 g/mol. The summed E-state index contributed by atoms with van der Waals surface area (Å²) in [5.41, 5.74) is 2.29. The monoisotopic (exact) mass is 276 g/mol. The Morgan fingerprint density at radius 3 is 2.65 bits per heavy atom. The second kappa shape index (κ2) is 6.75. The first kappa shape index (κ1) is 14.9. The van der Waals surface area contributed by atoms with Gasteiger partial charge in [-0.2, -0.15) is 0 Å². The molecule has 0 bridgehead atoms. The van der Waals surface area contributed by atoms with Crippen LogP contribution in [-0.4, -0.2) is 45.1 Å². The standard InChI is InChI=1S/C16H24N2O2/c1-18(2)16(19)11-14-5-4-13(10-15(14)20-3)12-6-8-17-9-7-12/h4-5,10,12,17H,6-9,11H2,1-3H3. The van der Waals surface area contributed by atoms with E-state index >= 15 is 0 Å². The Hall–Kier alpha value is -1.55. The Balaban J connectivity index is 2.16. The number of nitrogens with zero attached hydrogens (tertiary/aromatic N) is 1.